The Labute approximate surface area is 228 Å². The largest absolute Gasteiger partial charge is 0.318 e. The summed E-state index contributed by atoms with van der Waals surface area (Å²) in [6.07, 6.45) is 1.56. The van der Waals surface area contributed by atoms with Crippen LogP contribution in [0.3, 0.4) is 0 Å². The van der Waals surface area contributed by atoms with Gasteiger partial charge < -0.3 is 4.57 Å². The summed E-state index contributed by atoms with van der Waals surface area (Å²) in [5.74, 6) is -0.575. The third kappa shape index (κ3) is 5.82. The number of hydrazone groups is 1. The maximum atomic E-state index is 13.6. The normalized spacial score (nSPS) is 11.6. The van der Waals surface area contributed by atoms with Gasteiger partial charge >= 0.3 is 0 Å². The fraction of sp³-hybridized carbons (Fsp3) is 0.172. The van der Waals surface area contributed by atoms with Crippen LogP contribution in [0.5, 0.6) is 0 Å². The summed E-state index contributed by atoms with van der Waals surface area (Å²) in [4.78, 5) is 13.0. The highest BCUT2D eigenvalue weighted by atomic mass is 35.5. The van der Waals surface area contributed by atoms with E-state index in [0.717, 1.165) is 38.1 Å². The van der Waals surface area contributed by atoms with E-state index >= 15 is 0 Å². The molecule has 0 saturated carbocycles. The van der Waals surface area contributed by atoms with Crippen LogP contribution in [0.2, 0.25) is 5.02 Å². The van der Waals surface area contributed by atoms with Crippen molar-refractivity contribution < 1.29 is 13.2 Å². The molecule has 196 valence electrons. The quantitative estimate of drug-likeness (QED) is 0.226. The van der Waals surface area contributed by atoms with Crippen molar-refractivity contribution in [3.8, 4) is 5.69 Å². The number of aromatic nitrogens is 1. The number of sulfonamides is 1. The SMILES string of the molecule is Cc1ccc(N(CC(=O)N/N=C\c2cc(C)n(-c3ccccc3)c2C)S(=O)(=O)c2ccc(Cl)cc2)cc1C. The molecule has 0 bridgehead atoms. The zero-order valence-electron chi connectivity index (χ0n) is 21.6. The number of hydrogen-bond acceptors (Lipinski definition) is 4. The first kappa shape index (κ1) is 27.2. The summed E-state index contributed by atoms with van der Waals surface area (Å²) < 4.78 is 30.3. The van der Waals surface area contributed by atoms with Crippen LogP contribution in [-0.4, -0.2) is 31.7 Å². The van der Waals surface area contributed by atoms with E-state index in [-0.39, 0.29) is 4.90 Å². The van der Waals surface area contributed by atoms with Crippen molar-refractivity contribution in [1.82, 2.24) is 9.99 Å². The lowest BCUT2D eigenvalue weighted by molar-refractivity contribution is -0.119. The van der Waals surface area contributed by atoms with Crippen LogP contribution in [0.15, 0.2) is 88.9 Å². The van der Waals surface area contributed by atoms with Gasteiger partial charge in [0.25, 0.3) is 15.9 Å². The molecule has 1 aromatic heterocycles. The first-order valence-electron chi connectivity index (χ1n) is 12.0. The van der Waals surface area contributed by atoms with Gasteiger partial charge in [-0.2, -0.15) is 5.10 Å². The van der Waals surface area contributed by atoms with Crippen LogP contribution >= 0.6 is 11.6 Å². The van der Waals surface area contributed by atoms with E-state index in [1.165, 1.54) is 24.3 Å². The Kier molecular flexibility index (Phi) is 8.04. The minimum absolute atomic E-state index is 0.0322. The number of aryl methyl sites for hydroxylation is 3. The highest BCUT2D eigenvalue weighted by molar-refractivity contribution is 7.92. The van der Waals surface area contributed by atoms with Crippen LogP contribution < -0.4 is 9.73 Å². The number of halogens is 1. The maximum Gasteiger partial charge on any atom is 0.264 e. The van der Waals surface area contributed by atoms with Gasteiger partial charge in [0, 0.05) is 27.7 Å². The molecule has 0 unspecified atom stereocenters. The molecule has 3 aromatic carbocycles. The molecule has 9 heteroatoms. The fourth-order valence-corrected chi connectivity index (χ4v) is 5.70. The zero-order chi connectivity index (χ0) is 27.4. The molecule has 1 N–H and O–H groups in total. The van der Waals surface area contributed by atoms with Crippen LogP contribution in [0.25, 0.3) is 5.69 Å². The monoisotopic (exact) mass is 548 g/mol. The third-order valence-electron chi connectivity index (χ3n) is 6.34. The van der Waals surface area contributed by atoms with Crippen molar-refractivity contribution in [2.75, 3.05) is 10.8 Å². The number of benzene rings is 3. The Morgan fingerprint density at radius 2 is 1.63 bits per heavy atom. The Morgan fingerprint density at radius 3 is 2.29 bits per heavy atom. The Morgan fingerprint density at radius 1 is 0.947 bits per heavy atom. The summed E-state index contributed by atoms with van der Waals surface area (Å²) in [5, 5.41) is 4.54. The molecule has 0 atom stereocenters. The van der Waals surface area contributed by atoms with Crippen LogP contribution in [-0.2, 0) is 14.8 Å². The number of carbonyl (C=O) groups is 1. The molecule has 1 heterocycles. The molecule has 1 amide bonds. The second kappa shape index (κ2) is 11.2. The molecule has 0 aliphatic carbocycles. The standard InChI is InChI=1S/C29H29ClN4O3S/c1-20-10-13-27(16-21(20)2)33(38(36,37)28-14-11-25(30)12-15-28)19-29(35)32-31-18-24-17-22(3)34(23(24)4)26-8-6-5-7-9-26/h5-18H,19H2,1-4H3,(H,32,35)/b31-18-. The smallest absolute Gasteiger partial charge is 0.264 e. The molecule has 7 nitrogen and oxygen atoms in total. The first-order valence-corrected chi connectivity index (χ1v) is 13.8. The summed E-state index contributed by atoms with van der Waals surface area (Å²) in [6, 6.07) is 23.0. The van der Waals surface area contributed by atoms with Crippen molar-refractivity contribution in [2.45, 2.75) is 32.6 Å². The predicted octanol–water partition coefficient (Wildman–Crippen LogP) is 5.71. The fourth-order valence-electron chi connectivity index (χ4n) is 4.16. The number of para-hydroxylation sites is 1. The molecular weight excluding hydrogens is 520 g/mol. The number of rotatable bonds is 8. The van der Waals surface area contributed by atoms with Crippen molar-refractivity contribution in [3.63, 3.8) is 0 Å². The average molecular weight is 549 g/mol. The number of nitrogens with one attached hydrogen (secondary N) is 1. The second-order valence-corrected chi connectivity index (χ2v) is 11.3. The van der Waals surface area contributed by atoms with Gasteiger partial charge in [-0.15, -0.1) is 0 Å². The summed E-state index contributed by atoms with van der Waals surface area (Å²) in [5.41, 5.74) is 8.65. The molecule has 0 saturated heterocycles. The Hall–Kier alpha value is -3.88. The molecule has 0 spiro atoms. The predicted molar refractivity (Wildman–Crippen MR) is 153 cm³/mol. The maximum absolute atomic E-state index is 13.6. The van der Waals surface area contributed by atoms with Crippen LogP contribution in [0, 0.1) is 27.7 Å². The van der Waals surface area contributed by atoms with E-state index in [0.29, 0.717) is 10.7 Å². The van der Waals surface area contributed by atoms with Crippen molar-refractivity contribution in [2.24, 2.45) is 5.10 Å². The molecule has 4 aromatic rings. The van der Waals surface area contributed by atoms with Gasteiger partial charge in [0.1, 0.15) is 6.54 Å². The van der Waals surface area contributed by atoms with Crippen LogP contribution in [0.4, 0.5) is 5.69 Å². The molecule has 0 fully saturated rings. The van der Waals surface area contributed by atoms with Gasteiger partial charge in [-0.3, -0.25) is 9.10 Å². The first-order chi connectivity index (χ1) is 18.1. The summed E-state index contributed by atoms with van der Waals surface area (Å²) in [6.45, 7) is 7.35. The summed E-state index contributed by atoms with van der Waals surface area (Å²) in [7, 11) is -4.05. The topological polar surface area (TPSA) is 83.8 Å². The number of amides is 1. The minimum Gasteiger partial charge on any atom is -0.318 e. The van der Waals surface area contributed by atoms with Gasteiger partial charge in [0.15, 0.2) is 0 Å². The van der Waals surface area contributed by atoms with Gasteiger partial charge in [-0.25, -0.2) is 13.8 Å². The third-order valence-corrected chi connectivity index (χ3v) is 8.38. The highest BCUT2D eigenvalue weighted by Gasteiger charge is 2.27. The molecule has 0 radical (unpaired) electrons. The van der Waals surface area contributed by atoms with E-state index in [4.69, 9.17) is 11.6 Å². The Bertz CT molecular complexity index is 1600. The van der Waals surface area contributed by atoms with Gasteiger partial charge in [-0.05, 0) is 93.4 Å². The van der Waals surface area contributed by atoms with Gasteiger partial charge in [0.05, 0.1) is 16.8 Å². The van der Waals surface area contributed by atoms with E-state index in [1.807, 2.05) is 70.2 Å². The van der Waals surface area contributed by atoms with Crippen molar-refractivity contribution in [1.29, 1.82) is 0 Å². The zero-order valence-corrected chi connectivity index (χ0v) is 23.2. The van der Waals surface area contributed by atoms with Gasteiger partial charge in [-0.1, -0.05) is 35.9 Å². The van der Waals surface area contributed by atoms with Gasteiger partial charge in [0.2, 0.25) is 0 Å². The lowest BCUT2D eigenvalue weighted by Gasteiger charge is -2.24. The molecule has 0 aliphatic rings. The molecule has 4 rings (SSSR count). The lowest BCUT2D eigenvalue weighted by atomic mass is 10.1. The van der Waals surface area contributed by atoms with E-state index in [9.17, 15) is 13.2 Å². The van der Waals surface area contributed by atoms with Crippen LogP contribution in [0.1, 0.15) is 28.1 Å². The Balaban J connectivity index is 1.57. The van der Waals surface area contributed by atoms with E-state index < -0.39 is 22.5 Å². The number of anilines is 1. The lowest BCUT2D eigenvalue weighted by Crippen LogP contribution is -2.39. The molecule has 0 aliphatic heterocycles. The highest BCUT2D eigenvalue weighted by Crippen LogP contribution is 2.26. The second-order valence-electron chi connectivity index (χ2n) is 9.02. The molecule has 38 heavy (non-hydrogen) atoms. The number of hydrogen-bond donors (Lipinski definition) is 1. The molecular formula is C29H29ClN4O3S. The minimum atomic E-state index is -4.05. The van der Waals surface area contributed by atoms with E-state index in [2.05, 4.69) is 15.1 Å². The van der Waals surface area contributed by atoms with Crippen molar-refractivity contribution in [3.05, 3.63) is 112 Å². The number of carbonyl (C=O) groups excluding carboxylic acids is 1. The van der Waals surface area contributed by atoms with E-state index in [1.54, 1.807) is 18.3 Å². The summed E-state index contributed by atoms with van der Waals surface area (Å²) >= 11 is 5.96. The van der Waals surface area contributed by atoms with Crippen molar-refractivity contribution >= 4 is 39.4 Å². The number of nitrogens with zero attached hydrogens (tertiary/aromatic N) is 3. The average Bonchev–Trinajstić information content (AvgIpc) is 3.17.